The maximum Gasteiger partial charge on any atom is 0.461 e. The first-order valence-electron chi connectivity index (χ1n) is 11.2. The molecular weight excluding hydrogens is 520 g/mol. The van der Waals surface area contributed by atoms with E-state index in [4.69, 9.17) is 0 Å². The molecule has 0 saturated carbocycles. The van der Waals surface area contributed by atoms with E-state index >= 15 is 0 Å². The van der Waals surface area contributed by atoms with Gasteiger partial charge in [-0.3, -0.25) is 9.36 Å². The maximum absolute atomic E-state index is 13.4. The second-order valence-electron chi connectivity index (χ2n) is 9.47. The van der Waals surface area contributed by atoms with E-state index in [2.05, 4.69) is 15.0 Å². The molecular formula is C23H24F4N4O5S. The van der Waals surface area contributed by atoms with Crippen molar-refractivity contribution in [2.45, 2.75) is 51.3 Å². The van der Waals surface area contributed by atoms with Gasteiger partial charge in [-0.25, -0.2) is 22.8 Å². The van der Waals surface area contributed by atoms with Crippen molar-refractivity contribution in [2.75, 3.05) is 11.5 Å². The van der Waals surface area contributed by atoms with Gasteiger partial charge >= 0.3 is 18.2 Å². The van der Waals surface area contributed by atoms with Crippen molar-refractivity contribution in [3.05, 3.63) is 52.6 Å². The number of rotatable bonds is 7. The minimum Gasteiger partial charge on any atom is -0.428 e. The molecule has 1 aliphatic heterocycles. The topological polar surface area (TPSA) is 112 Å². The molecule has 1 amide bonds. The number of amides is 1. The molecule has 4 rings (SSSR count). The molecule has 1 fully saturated rings. The van der Waals surface area contributed by atoms with Crippen LogP contribution in [0.3, 0.4) is 0 Å². The lowest BCUT2D eigenvalue weighted by Gasteiger charge is -2.23. The molecule has 1 saturated heterocycles. The van der Waals surface area contributed by atoms with Crippen molar-refractivity contribution in [2.24, 2.45) is 0 Å². The summed E-state index contributed by atoms with van der Waals surface area (Å²) in [5, 5.41) is 2.73. The molecule has 2 aromatic heterocycles. The maximum atomic E-state index is 13.4. The summed E-state index contributed by atoms with van der Waals surface area (Å²) in [5.74, 6) is -1.40. The van der Waals surface area contributed by atoms with E-state index in [0.717, 1.165) is 16.7 Å². The van der Waals surface area contributed by atoms with Gasteiger partial charge in [-0.1, -0.05) is 6.07 Å². The molecule has 3 heterocycles. The summed E-state index contributed by atoms with van der Waals surface area (Å²) >= 11 is 0. The van der Waals surface area contributed by atoms with Crippen LogP contribution in [0.4, 0.5) is 17.6 Å². The first-order valence-corrected chi connectivity index (χ1v) is 13.1. The highest BCUT2D eigenvalue weighted by atomic mass is 32.2. The second kappa shape index (κ2) is 9.15. The first-order chi connectivity index (χ1) is 17.1. The third kappa shape index (κ3) is 5.20. The number of halogens is 4. The lowest BCUT2D eigenvalue weighted by molar-refractivity contribution is -0.253. The Morgan fingerprint density at radius 3 is 2.54 bits per heavy atom. The van der Waals surface area contributed by atoms with Gasteiger partial charge in [-0.05, 0) is 45.4 Å². The number of pyridine rings is 1. The van der Waals surface area contributed by atoms with E-state index in [1.807, 2.05) is 0 Å². The van der Waals surface area contributed by atoms with Gasteiger partial charge in [0.05, 0.1) is 33.8 Å². The van der Waals surface area contributed by atoms with E-state index in [0.29, 0.717) is 0 Å². The molecule has 0 spiro atoms. The molecule has 1 aromatic carbocycles. The zero-order chi connectivity index (χ0) is 27.3. The molecule has 3 aromatic rings. The van der Waals surface area contributed by atoms with Crippen molar-refractivity contribution in [3.63, 3.8) is 0 Å². The molecule has 0 unspecified atom stereocenters. The number of benzene rings is 1. The van der Waals surface area contributed by atoms with Crippen molar-refractivity contribution in [3.8, 4) is 11.4 Å². The Balaban J connectivity index is 1.76. The standard InChI is InChI=1S/C23H24F4N4O5S/c1-13(2)30-17-9-14(19(32)29-22(3)7-8-37(34,35)12-22)11-28-18(17)31(21(30)33)15-5-4-6-16(10-15)36-23(26,27)20(24)25/h4-6,9-11,13,20H,7-8,12H2,1-3H3,(H,29,32)/t22-/m1/s1. The summed E-state index contributed by atoms with van der Waals surface area (Å²) in [4.78, 5) is 30.5. The van der Waals surface area contributed by atoms with Crippen molar-refractivity contribution >= 4 is 26.9 Å². The number of nitrogens with zero attached hydrogens (tertiary/aromatic N) is 3. The first kappa shape index (κ1) is 26.6. The van der Waals surface area contributed by atoms with Gasteiger partial charge in [0.2, 0.25) is 0 Å². The lowest BCUT2D eigenvalue weighted by atomic mass is 10.0. The van der Waals surface area contributed by atoms with E-state index < -0.39 is 51.3 Å². The Labute approximate surface area is 209 Å². The SMILES string of the molecule is CC(C)n1c(=O)n(-c2cccc(OC(F)(F)C(F)F)c2)c2ncc(C(=O)N[C@]3(C)CCS(=O)(=O)C3)cc21. The number of fused-ring (bicyclic) bond motifs is 1. The zero-order valence-electron chi connectivity index (χ0n) is 20.0. The Bertz CT molecular complexity index is 1530. The average Bonchev–Trinajstić information content (AvgIpc) is 3.23. The van der Waals surface area contributed by atoms with Crippen LogP contribution in [0.15, 0.2) is 41.3 Å². The smallest absolute Gasteiger partial charge is 0.428 e. The number of ether oxygens (including phenoxy) is 1. The summed E-state index contributed by atoms with van der Waals surface area (Å²) in [6, 6.07) is 5.72. The minimum absolute atomic E-state index is 0.0327. The molecule has 37 heavy (non-hydrogen) atoms. The van der Waals surface area contributed by atoms with Crippen molar-refractivity contribution in [1.82, 2.24) is 19.4 Å². The quantitative estimate of drug-likeness (QED) is 0.457. The molecule has 0 bridgehead atoms. The van der Waals surface area contributed by atoms with E-state index in [-0.39, 0.29) is 40.3 Å². The Hall–Kier alpha value is -3.42. The predicted octanol–water partition coefficient (Wildman–Crippen LogP) is 3.31. The molecule has 1 N–H and O–H groups in total. The summed E-state index contributed by atoms with van der Waals surface area (Å²) in [5.41, 5.74) is -1.11. The number of carbonyl (C=O) groups is 1. The van der Waals surface area contributed by atoms with Crippen LogP contribution >= 0.6 is 0 Å². The van der Waals surface area contributed by atoms with Crippen LogP contribution in [0.1, 0.15) is 43.6 Å². The largest absolute Gasteiger partial charge is 0.461 e. The number of sulfone groups is 1. The summed E-state index contributed by atoms with van der Waals surface area (Å²) < 4.78 is 82.3. The van der Waals surface area contributed by atoms with Gasteiger partial charge < -0.3 is 10.1 Å². The van der Waals surface area contributed by atoms with Gasteiger partial charge in [-0.2, -0.15) is 17.6 Å². The van der Waals surface area contributed by atoms with Crippen LogP contribution in [0.2, 0.25) is 0 Å². The van der Waals surface area contributed by atoms with Crippen LogP contribution in [-0.2, 0) is 9.84 Å². The van der Waals surface area contributed by atoms with Crippen LogP contribution < -0.4 is 15.7 Å². The van der Waals surface area contributed by atoms with E-state index in [9.17, 15) is 35.6 Å². The number of hydrogen-bond donors (Lipinski definition) is 1. The van der Waals surface area contributed by atoms with Gasteiger partial charge in [0.15, 0.2) is 15.5 Å². The number of hydrogen-bond acceptors (Lipinski definition) is 6. The van der Waals surface area contributed by atoms with Gasteiger partial charge in [0.25, 0.3) is 5.91 Å². The fourth-order valence-corrected chi connectivity index (χ4v) is 6.39. The summed E-state index contributed by atoms with van der Waals surface area (Å²) in [6.45, 7) is 5.06. The molecule has 0 radical (unpaired) electrons. The Morgan fingerprint density at radius 2 is 1.95 bits per heavy atom. The van der Waals surface area contributed by atoms with Crippen LogP contribution in [0.25, 0.3) is 16.9 Å². The van der Waals surface area contributed by atoms with Crippen LogP contribution in [-0.4, -0.2) is 58.0 Å². The second-order valence-corrected chi connectivity index (χ2v) is 11.7. The highest BCUT2D eigenvalue weighted by Crippen LogP contribution is 2.30. The lowest BCUT2D eigenvalue weighted by Crippen LogP contribution is -2.46. The predicted molar refractivity (Wildman–Crippen MR) is 126 cm³/mol. The number of nitrogens with one attached hydrogen (secondary N) is 1. The van der Waals surface area contributed by atoms with E-state index in [1.54, 1.807) is 20.8 Å². The molecule has 1 atom stereocenters. The Morgan fingerprint density at radius 1 is 1.24 bits per heavy atom. The molecule has 200 valence electrons. The number of imidazole rings is 1. The fourth-order valence-electron chi connectivity index (χ4n) is 4.30. The fraction of sp³-hybridized carbons (Fsp3) is 0.435. The Kier molecular flexibility index (Phi) is 6.59. The van der Waals surface area contributed by atoms with E-state index in [1.165, 1.54) is 29.0 Å². The number of aromatic nitrogens is 3. The number of carbonyl (C=O) groups excluding carboxylic acids is 1. The van der Waals surface area contributed by atoms with Crippen LogP contribution in [0.5, 0.6) is 5.75 Å². The van der Waals surface area contributed by atoms with Crippen molar-refractivity contribution < 1.29 is 35.5 Å². The third-order valence-corrected chi connectivity index (χ3v) is 7.90. The minimum atomic E-state index is -4.73. The van der Waals surface area contributed by atoms with Crippen molar-refractivity contribution in [1.29, 1.82) is 0 Å². The normalized spacial score (nSPS) is 19.6. The zero-order valence-corrected chi connectivity index (χ0v) is 20.9. The third-order valence-electron chi connectivity index (χ3n) is 6.00. The highest BCUT2D eigenvalue weighted by molar-refractivity contribution is 7.91. The van der Waals surface area contributed by atoms with Gasteiger partial charge in [-0.15, -0.1) is 0 Å². The monoisotopic (exact) mass is 544 g/mol. The summed E-state index contributed by atoms with van der Waals surface area (Å²) in [6.07, 6.45) is -7.33. The summed E-state index contributed by atoms with van der Waals surface area (Å²) in [7, 11) is -3.27. The molecule has 0 aliphatic carbocycles. The average molecular weight is 545 g/mol. The van der Waals surface area contributed by atoms with Gasteiger partial charge in [0.1, 0.15) is 5.75 Å². The molecule has 14 heteroatoms. The molecule has 1 aliphatic rings. The molecule has 9 nitrogen and oxygen atoms in total. The van der Waals surface area contributed by atoms with Gasteiger partial charge in [0, 0.05) is 18.3 Å². The van der Waals surface area contributed by atoms with Crippen LogP contribution in [0, 0.1) is 0 Å². The highest BCUT2D eigenvalue weighted by Gasteiger charge is 2.44. The number of alkyl halides is 4.